The largest absolute Gasteiger partial charge is 0.497 e. The van der Waals surface area contributed by atoms with Gasteiger partial charge in [-0.15, -0.1) is 0 Å². The third kappa shape index (κ3) is 4.40. The Morgan fingerprint density at radius 1 is 0.586 bits per heavy atom. The Morgan fingerprint density at radius 2 is 0.897 bits per heavy atom. The van der Waals surface area contributed by atoms with Gasteiger partial charge < -0.3 is 23.7 Å². The molecule has 0 radical (unpaired) electrons. The molecule has 0 unspecified atom stereocenters. The lowest BCUT2D eigenvalue weighted by Gasteiger charge is -2.07. The minimum absolute atomic E-state index is 0.132. The summed E-state index contributed by atoms with van der Waals surface area (Å²) in [5, 5.41) is 0. The highest BCUT2D eigenvalue weighted by Gasteiger charge is 2.33. The summed E-state index contributed by atoms with van der Waals surface area (Å²) in [6.07, 6.45) is 3.11. The highest BCUT2D eigenvalue weighted by molar-refractivity contribution is 6.22. The zero-order valence-corrected chi connectivity index (χ0v) is 16.5. The predicted molar refractivity (Wildman–Crippen MR) is 106 cm³/mol. The Labute approximate surface area is 168 Å². The molecular weight excluding hydrogens is 376 g/mol. The van der Waals surface area contributed by atoms with Crippen molar-refractivity contribution in [2.45, 2.75) is 0 Å². The van der Waals surface area contributed by atoms with E-state index in [1.807, 2.05) is 0 Å². The lowest BCUT2D eigenvalue weighted by Crippen LogP contribution is -1.97. The van der Waals surface area contributed by atoms with Crippen molar-refractivity contribution in [3.63, 3.8) is 0 Å². The Balaban J connectivity index is 2.09. The highest BCUT2D eigenvalue weighted by Crippen LogP contribution is 2.31. The van der Waals surface area contributed by atoms with Crippen molar-refractivity contribution in [3.05, 3.63) is 58.7 Å². The lowest BCUT2D eigenvalue weighted by molar-refractivity contribution is -0.149. The number of methoxy groups -OCH3 is 4. The van der Waals surface area contributed by atoms with Crippen molar-refractivity contribution in [3.8, 4) is 23.0 Å². The first-order valence-corrected chi connectivity index (χ1v) is 8.63. The van der Waals surface area contributed by atoms with Crippen molar-refractivity contribution in [2.75, 3.05) is 28.4 Å². The van der Waals surface area contributed by atoms with E-state index in [1.165, 1.54) is 28.4 Å². The van der Waals surface area contributed by atoms with Crippen LogP contribution in [0.25, 0.3) is 12.2 Å². The molecule has 0 aromatic heterocycles. The normalized spacial score (nSPS) is 16.1. The van der Waals surface area contributed by atoms with Crippen LogP contribution >= 0.6 is 0 Å². The molecule has 1 saturated heterocycles. The van der Waals surface area contributed by atoms with Gasteiger partial charge in [0, 0.05) is 12.1 Å². The number of benzene rings is 2. The van der Waals surface area contributed by atoms with Crippen LogP contribution < -0.4 is 18.9 Å². The molecule has 0 spiro atoms. The SMILES string of the molecule is COc1cc(/C=C2\C(=O)OC(=O)\C2=C\c2cc(OC)cc(OC)c2)cc(OC)c1. The maximum Gasteiger partial charge on any atom is 0.346 e. The standard InChI is InChI=1S/C22H20O7/c1-25-15-5-13(6-16(11-15)26-2)9-19-20(22(24)29-21(19)23)10-14-7-17(27-3)12-18(8-14)28-4/h5-12H,1-4H3/b19-9-,20-10+. The second-order valence-electron chi connectivity index (χ2n) is 6.09. The van der Waals surface area contributed by atoms with Gasteiger partial charge in [-0.2, -0.15) is 0 Å². The molecule has 1 aliphatic rings. The van der Waals surface area contributed by atoms with Crippen LogP contribution in [0.15, 0.2) is 47.5 Å². The van der Waals surface area contributed by atoms with Gasteiger partial charge in [-0.25, -0.2) is 9.59 Å². The average Bonchev–Trinajstić information content (AvgIpc) is 2.99. The Kier molecular flexibility index (Phi) is 5.87. The number of hydrogen-bond donors (Lipinski definition) is 0. The number of carbonyl (C=O) groups is 2. The van der Waals surface area contributed by atoms with Crippen LogP contribution in [-0.2, 0) is 14.3 Å². The smallest absolute Gasteiger partial charge is 0.346 e. The van der Waals surface area contributed by atoms with E-state index < -0.39 is 11.9 Å². The van der Waals surface area contributed by atoms with Gasteiger partial charge in [0.2, 0.25) is 0 Å². The van der Waals surface area contributed by atoms with E-state index in [2.05, 4.69) is 0 Å². The monoisotopic (exact) mass is 396 g/mol. The van der Waals surface area contributed by atoms with Crippen molar-refractivity contribution in [2.24, 2.45) is 0 Å². The number of rotatable bonds is 6. The average molecular weight is 396 g/mol. The predicted octanol–water partition coefficient (Wildman–Crippen LogP) is 3.27. The Morgan fingerprint density at radius 3 is 1.17 bits per heavy atom. The molecule has 7 heteroatoms. The van der Waals surface area contributed by atoms with Crippen LogP contribution in [0.2, 0.25) is 0 Å². The van der Waals surface area contributed by atoms with Crippen LogP contribution in [0, 0.1) is 0 Å². The number of carbonyl (C=O) groups excluding carboxylic acids is 2. The summed E-state index contributed by atoms with van der Waals surface area (Å²) in [6.45, 7) is 0. The third-order valence-electron chi connectivity index (χ3n) is 4.28. The summed E-state index contributed by atoms with van der Waals surface area (Å²) < 4.78 is 25.8. The van der Waals surface area contributed by atoms with Crippen LogP contribution in [0.3, 0.4) is 0 Å². The first kappa shape index (κ1) is 20.0. The van der Waals surface area contributed by atoms with Crippen LogP contribution in [0.5, 0.6) is 23.0 Å². The molecule has 2 aromatic carbocycles. The van der Waals surface area contributed by atoms with Gasteiger partial charge in [0.25, 0.3) is 0 Å². The molecule has 2 aromatic rings. The van der Waals surface area contributed by atoms with E-state index in [9.17, 15) is 9.59 Å². The topological polar surface area (TPSA) is 80.3 Å². The zero-order chi connectivity index (χ0) is 21.0. The summed E-state index contributed by atoms with van der Waals surface area (Å²) in [5.41, 5.74) is 1.51. The second-order valence-corrected chi connectivity index (χ2v) is 6.09. The molecule has 0 amide bonds. The Bertz CT molecular complexity index is 892. The second kappa shape index (κ2) is 8.52. The first-order chi connectivity index (χ1) is 14.0. The Hall–Kier alpha value is -3.74. The molecule has 29 heavy (non-hydrogen) atoms. The fourth-order valence-corrected chi connectivity index (χ4v) is 2.85. The van der Waals surface area contributed by atoms with Gasteiger partial charge in [0.1, 0.15) is 23.0 Å². The maximum absolute atomic E-state index is 12.3. The summed E-state index contributed by atoms with van der Waals surface area (Å²) in [4.78, 5) is 24.6. The molecule has 1 aliphatic heterocycles. The molecule has 7 nitrogen and oxygen atoms in total. The molecule has 0 N–H and O–H groups in total. The van der Waals surface area contributed by atoms with E-state index in [-0.39, 0.29) is 11.1 Å². The molecule has 0 bridgehead atoms. The van der Waals surface area contributed by atoms with Crippen LogP contribution in [-0.4, -0.2) is 40.4 Å². The summed E-state index contributed by atoms with van der Waals surface area (Å²) in [6, 6.07) is 10.3. The van der Waals surface area contributed by atoms with Crippen molar-refractivity contribution < 1.29 is 33.3 Å². The fourth-order valence-electron chi connectivity index (χ4n) is 2.85. The molecule has 150 valence electrons. The third-order valence-corrected chi connectivity index (χ3v) is 4.28. The zero-order valence-electron chi connectivity index (χ0n) is 16.5. The van der Waals surface area contributed by atoms with Gasteiger partial charge in [0.15, 0.2) is 0 Å². The van der Waals surface area contributed by atoms with Gasteiger partial charge >= 0.3 is 11.9 Å². The van der Waals surface area contributed by atoms with Gasteiger partial charge in [-0.05, 0) is 47.5 Å². The molecule has 0 atom stereocenters. The molecule has 3 rings (SSSR count). The quantitative estimate of drug-likeness (QED) is 0.421. The van der Waals surface area contributed by atoms with Crippen molar-refractivity contribution in [1.29, 1.82) is 0 Å². The number of cyclic esters (lactones) is 2. The molecule has 1 fully saturated rings. The van der Waals surface area contributed by atoms with E-state index >= 15 is 0 Å². The van der Waals surface area contributed by atoms with E-state index in [0.717, 1.165) is 0 Å². The highest BCUT2D eigenvalue weighted by atomic mass is 16.6. The van der Waals surface area contributed by atoms with Gasteiger partial charge in [-0.3, -0.25) is 0 Å². The van der Waals surface area contributed by atoms with E-state index in [1.54, 1.807) is 48.6 Å². The lowest BCUT2D eigenvalue weighted by atomic mass is 10.0. The van der Waals surface area contributed by atoms with Crippen LogP contribution in [0.1, 0.15) is 11.1 Å². The van der Waals surface area contributed by atoms with Crippen molar-refractivity contribution >= 4 is 24.1 Å². The summed E-state index contributed by atoms with van der Waals surface area (Å²) >= 11 is 0. The molecular formula is C22H20O7. The van der Waals surface area contributed by atoms with Gasteiger partial charge in [-0.1, -0.05) is 0 Å². The maximum atomic E-state index is 12.3. The summed E-state index contributed by atoms with van der Waals surface area (Å²) in [5.74, 6) is 0.763. The van der Waals surface area contributed by atoms with E-state index in [4.69, 9.17) is 23.7 Å². The van der Waals surface area contributed by atoms with Crippen molar-refractivity contribution in [1.82, 2.24) is 0 Å². The number of ether oxygens (including phenoxy) is 5. The summed E-state index contributed by atoms with van der Waals surface area (Å²) in [7, 11) is 6.11. The fraction of sp³-hybridized carbons (Fsp3) is 0.182. The minimum Gasteiger partial charge on any atom is -0.497 e. The minimum atomic E-state index is -0.724. The molecule has 0 saturated carbocycles. The van der Waals surface area contributed by atoms with Crippen LogP contribution in [0.4, 0.5) is 0 Å². The number of hydrogen-bond acceptors (Lipinski definition) is 7. The van der Waals surface area contributed by atoms with E-state index in [0.29, 0.717) is 34.1 Å². The molecule has 1 heterocycles. The molecule has 0 aliphatic carbocycles. The number of esters is 2. The van der Waals surface area contributed by atoms with Gasteiger partial charge in [0.05, 0.1) is 39.6 Å². The first-order valence-electron chi connectivity index (χ1n) is 8.63.